The lowest BCUT2D eigenvalue weighted by molar-refractivity contribution is 0.729. The largest absolute Gasteiger partial charge is 0.0760 e. The molecule has 0 N–H and O–H groups in total. The molecule has 0 aromatic heterocycles. The molecule has 0 heteroatoms. The van der Waals surface area contributed by atoms with Crippen LogP contribution >= 0.6 is 0 Å². The lowest BCUT2D eigenvalue weighted by Crippen LogP contribution is -2.28. The van der Waals surface area contributed by atoms with Gasteiger partial charge in [0.25, 0.3) is 0 Å². The van der Waals surface area contributed by atoms with Crippen molar-refractivity contribution in [3.63, 3.8) is 0 Å². The zero-order valence-electron chi connectivity index (χ0n) is 14.2. The molecule has 0 saturated heterocycles. The Morgan fingerprint density at radius 2 is 1.00 bits per heavy atom. The quantitative estimate of drug-likeness (QED) is 0.397. The van der Waals surface area contributed by atoms with Crippen LogP contribution in [0.3, 0.4) is 0 Å². The maximum atomic E-state index is 2.41. The minimum atomic E-state index is 0.446. The Hall–Kier alpha value is -3.12. The average molecular weight is 328 g/mol. The molecule has 4 aromatic carbocycles. The highest BCUT2D eigenvalue weighted by Crippen LogP contribution is 2.49. The summed E-state index contributed by atoms with van der Waals surface area (Å²) in [5.74, 6) is 0.892. The van der Waals surface area contributed by atoms with Gasteiger partial charge in [0.05, 0.1) is 0 Å². The molecule has 0 fully saturated rings. The van der Waals surface area contributed by atoms with Crippen molar-refractivity contribution in [3.8, 4) is 0 Å². The molecule has 0 nitrogen and oxygen atoms in total. The van der Waals surface area contributed by atoms with E-state index in [9.17, 15) is 0 Å². The Labute approximate surface area is 151 Å². The predicted octanol–water partition coefficient (Wildman–Crippen LogP) is 5.03. The summed E-state index contributed by atoms with van der Waals surface area (Å²) >= 11 is 0. The summed E-state index contributed by atoms with van der Waals surface area (Å²) < 4.78 is 0. The fourth-order valence-electron chi connectivity index (χ4n) is 5.57. The molecule has 26 heavy (non-hydrogen) atoms. The van der Waals surface area contributed by atoms with E-state index in [0.717, 1.165) is 0 Å². The van der Waals surface area contributed by atoms with E-state index < -0.39 is 0 Å². The number of benzene rings is 4. The minimum Gasteiger partial charge on any atom is -0.0760 e. The molecule has 4 aromatic rings. The Morgan fingerprint density at radius 3 is 1.50 bits per heavy atom. The summed E-state index contributed by atoms with van der Waals surface area (Å²) in [4.78, 5) is 0. The monoisotopic (exact) mass is 328 g/mol. The van der Waals surface area contributed by atoms with Crippen molar-refractivity contribution < 1.29 is 0 Å². The van der Waals surface area contributed by atoms with E-state index in [-0.39, 0.29) is 0 Å². The molecular weight excluding hydrogens is 312 g/mol. The van der Waals surface area contributed by atoms with E-state index in [1.54, 1.807) is 0 Å². The summed E-state index contributed by atoms with van der Waals surface area (Å²) in [6.45, 7) is 0. The molecule has 0 unspecified atom stereocenters. The second-order valence-electron chi connectivity index (χ2n) is 7.68. The van der Waals surface area contributed by atoms with Gasteiger partial charge >= 0.3 is 0 Å². The zero-order valence-corrected chi connectivity index (χ0v) is 14.2. The number of fused-ring (bicyclic) bond motifs is 4. The van der Waals surface area contributed by atoms with Crippen LogP contribution in [0, 0.1) is 0 Å². The van der Waals surface area contributed by atoms with Crippen molar-refractivity contribution in [1.82, 2.24) is 0 Å². The molecule has 7 rings (SSSR count). The molecule has 3 aliphatic carbocycles. The third-order valence-corrected chi connectivity index (χ3v) is 6.56. The van der Waals surface area contributed by atoms with Gasteiger partial charge in [-0.15, -0.1) is 0 Å². The summed E-state index contributed by atoms with van der Waals surface area (Å²) in [6, 6.07) is 18.2. The van der Waals surface area contributed by atoms with Crippen molar-refractivity contribution in [3.05, 3.63) is 94.4 Å². The average Bonchev–Trinajstić information content (AvgIpc) is 2.71. The van der Waals surface area contributed by atoms with Crippen LogP contribution in [0.1, 0.15) is 23.0 Å². The second-order valence-corrected chi connectivity index (χ2v) is 7.68. The molecule has 0 heterocycles. The predicted molar refractivity (Wildman–Crippen MR) is 111 cm³/mol. The highest BCUT2D eigenvalue weighted by atomic mass is 14.4. The van der Waals surface area contributed by atoms with Gasteiger partial charge in [0.1, 0.15) is 0 Å². The van der Waals surface area contributed by atoms with Crippen molar-refractivity contribution in [1.29, 1.82) is 0 Å². The summed E-state index contributed by atoms with van der Waals surface area (Å²) in [6.07, 6.45) is 13.9. The number of rotatable bonds is 0. The van der Waals surface area contributed by atoms with Gasteiger partial charge in [0.2, 0.25) is 0 Å². The second kappa shape index (κ2) is 4.34. The van der Waals surface area contributed by atoms with Crippen LogP contribution in [0.5, 0.6) is 0 Å². The van der Waals surface area contributed by atoms with Crippen LogP contribution in [0.2, 0.25) is 0 Å². The third-order valence-electron chi connectivity index (χ3n) is 6.56. The van der Waals surface area contributed by atoms with Crippen LogP contribution in [-0.4, -0.2) is 0 Å². The van der Waals surface area contributed by atoms with E-state index in [0.29, 0.717) is 11.8 Å². The molecule has 0 saturated carbocycles. The van der Waals surface area contributed by atoms with Crippen LogP contribution in [-0.2, 0) is 0 Å². The Bertz CT molecular complexity index is 1360. The molecule has 0 spiro atoms. The smallest absolute Gasteiger partial charge is 0.0137 e. The van der Waals surface area contributed by atoms with E-state index in [2.05, 4.69) is 85.0 Å². The van der Waals surface area contributed by atoms with Crippen molar-refractivity contribution in [2.45, 2.75) is 11.8 Å². The molecule has 0 bridgehead atoms. The molecule has 2 atom stereocenters. The van der Waals surface area contributed by atoms with E-state index in [4.69, 9.17) is 0 Å². The van der Waals surface area contributed by atoms with Gasteiger partial charge in [-0.2, -0.15) is 0 Å². The van der Waals surface area contributed by atoms with Crippen LogP contribution in [0.15, 0.2) is 72.8 Å². The lowest BCUT2D eigenvalue weighted by atomic mass is 9.68. The Morgan fingerprint density at radius 1 is 0.500 bits per heavy atom. The van der Waals surface area contributed by atoms with Gasteiger partial charge in [-0.1, -0.05) is 85.0 Å². The number of allylic oxidation sites excluding steroid dienone is 4. The van der Waals surface area contributed by atoms with Crippen LogP contribution in [0.4, 0.5) is 0 Å². The van der Waals surface area contributed by atoms with Gasteiger partial charge in [-0.05, 0) is 53.9 Å². The van der Waals surface area contributed by atoms with E-state index in [1.807, 2.05) is 0 Å². The Kier molecular flexibility index (Phi) is 2.19. The van der Waals surface area contributed by atoms with Gasteiger partial charge in [-0.25, -0.2) is 0 Å². The SMILES string of the molecule is C1=C[C@@H]2c3c(ccc4c5ccccc5c5ccc6c(c5c34)[C@H]2C=CC=6)=C1. The standard InChI is InChI=1S/C26H16/c1-2-8-18-17(7-1)21-13-11-15-5-3-9-19-20-10-4-6-16-12-14-22(18)26(24(16)20)25(21)23(15)19/h1-14,19-20H/t19-,20-/m0/s1. The highest BCUT2D eigenvalue weighted by Gasteiger charge is 2.33. The number of hydrogen-bond donors (Lipinski definition) is 0. The van der Waals surface area contributed by atoms with Crippen LogP contribution in [0.25, 0.3) is 44.5 Å². The molecule has 0 amide bonds. The van der Waals surface area contributed by atoms with E-state index >= 15 is 0 Å². The molecule has 0 radical (unpaired) electrons. The summed E-state index contributed by atoms with van der Waals surface area (Å²) in [7, 11) is 0. The van der Waals surface area contributed by atoms with Crippen LogP contribution < -0.4 is 10.4 Å². The fourth-order valence-corrected chi connectivity index (χ4v) is 5.57. The molecule has 120 valence electrons. The van der Waals surface area contributed by atoms with Gasteiger partial charge < -0.3 is 0 Å². The van der Waals surface area contributed by atoms with Crippen molar-refractivity contribution in [2.75, 3.05) is 0 Å². The topological polar surface area (TPSA) is 0 Å². The highest BCUT2D eigenvalue weighted by molar-refractivity contribution is 6.27. The zero-order chi connectivity index (χ0) is 16.8. The van der Waals surface area contributed by atoms with Crippen molar-refractivity contribution in [2.24, 2.45) is 0 Å². The lowest BCUT2D eigenvalue weighted by Gasteiger charge is -2.34. The maximum Gasteiger partial charge on any atom is 0.0137 e. The molecule has 3 aliphatic rings. The first-order chi connectivity index (χ1) is 12.9. The maximum absolute atomic E-state index is 2.41. The molecule has 0 aliphatic heterocycles. The normalized spacial score (nSPS) is 21.4. The Balaban J connectivity index is 1.94. The number of hydrogen-bond acceptors (Lipinski definition) is 0. The summed E-state index contributed by atoms with van der Waals surface area (Å²) in [5, 5.41) is 11.3. The summed E-state index contributed by atoms with van der Waals surface area (Å²) in [5.41, 5.74) is 3.06. The minimum absolute atomic E-state index is 0.446. The van der Waals surface area contributed by atoms with Gasteiger partial charge in [-0.3, -0.25) is 0 Å². The fraction of sp³-hybridized carbons (Fsp3) is 0.0769. The van der Waals surface area contributed by atoms with Crippen molar-refractivity contribution >= 4 is 44.5 Å². The third kappa shape index (κ3) is 1.36. The first-order valence-electron chi connectivity index (χ1n) is 9.39. The first kappa shape index (κ1) is 13.1. The van der Waals surface area contributed by atoms with E-state index in [1.165, 1.54) is 53.9 Å². The molecular formula is C26H16. The van der Waals surface area contributed by atoms with Gasteiger partial charge in [0.15, 0.2) is 0 Å². The first-order valence-corrected chi connectivity index (χ1v) is 9.39. The van der Waals surface area contributed by atoms with Gasteiger partial charge in [0, 0.05) is 11.8 Å².